The third kappa shape index (κ3) is 2.96. The van der Waals surface area contributed by atoms with Gasteiger partial charge in [0.25, 0.3) is 0 Å². The van der Waals surface area contributed by atoms with Crippen molar-refractivity contribution in [2.24, 2.45) is 5.92 Å². The Balaban J connectivity index is 1.41. The maximum Gasteiger partial charge on any atom is 0.185 e. The van der Waals surface area contributed by atoms with Crippen molar-refractivity contribution in [3.63, 3.8) is 0 Å². The number of hydrogen-bond donors (Lipinski definition) is 1. The number of hydrogen-bond acceptors (Lipinski definition) is 5. The predicted molar refractivity (Wildman–Crippen MR) is 88.2 cm³/mol. The number of nitrogens with one attached hydrogen (secondary N) is 1. The van der Waals surface area contributed by atoms with Crippen LogP contribution < -0.4 is 10.2 Å². The van der Waals surface area contributed by atoms with E-state index in [0.717, 1.165) is 19.0 Å². The van der Waals surface area contributed by atoms with E-state index in [0.29, 0.717) is 6.04 Å². The Morgan fingerprint density at radius 3 is 2.71 bits per heavy atom. The molecule has 4 rings (SSSR count). The third-order valence-corrected chi connectivity index (χ3v) is 6.42. The van der Waals surface area contributed by atoms with Gasteiger partial charge in [0, 0.05) is 43.6 Å². The quantitative estimate of drug-likeness (QED) is 0.925. The minimum absolute atomic E-state index is 0.538. The van der Waals surface area contributed by atoms with Gasteiger partial charge in [-0.3, -0.25) is 4.90 Å². The van der Waals surface area contributed by atoms with Crippen molar-refractivity contribution in [2.75, 3.05) is 44.7 Å². The Labute approximate surface area is 131 Å². The molecule has 2 fully saturated rings. The van der Waals surface area contributed by atoms with E-state index in [1.54, 1.807) is 0 Å². The highest BCUT2D eigenvalue weighted by atomic mass is 32.1. The molecule has 1 aromatic heterocycles. The minimum atomic E-state index is 0.538. The summed E-state index contributed by atoms with van der Waals surface area (Å²) in [5.74, 6) is 1.01. The summed E-state index contributed by atoms with van der Waals surface area (Å²) in [5, 5.41) is 4.73. The summed E-state index contributed by atoms with van der Waals surface area (Å²) in [5.41, 5.74) is 1.36. The van der Waals surface area contributed by atoms with Crippen LogP contribution in [0, 0.1) is 5.92 Å². The van der Waals surface area contributed by atoms with Gasteiger partial charge in [0.15, 0.2) is 5.13 Å². The van der Waals surface area contributed by atoms with E-state index in [2.05, 4.69) is 22.2 Å². The molecule has 0 amide bonds. The second-order valence-electron chi connectivity index (χ2n) is 6.77. The van der Waals surface area contributed by atoms with Gasteiger partial charge in [-0.05, 0) is 45.1 Å². The van der Waals surface area contributed by atoms with Gasteiger partial charge in [-0.1, -0.05) is 11.3 Å². The minimum Gasteiger partial charge on any atom is -0.346 e. The Bertz CT molecular complexity index is 488. The zero-order valence-electron chi connectivity index (χ0n) is 13.0. The Morgan fingerprint density at radius 1 is 1.19 bits per heavy atom. The Kier molecular flexibility index (Phi) is 3.90. The van der Waals surface area contributed by atoms with Crippen molar-refractivity contribution in [1.29, 1.82) is 0 Å². The van der Waals surface area contributed by atoms with Gasteiger partial charge in [-0.2, -0.15) is 0 Å². The molecule has 1 aromatic rings. The molecule has 116 valence electrons. The second-order valence-corrected chi connectivity index (χ2v) is 7.78. The standard InChI is InChI=1S/C16H26N4S/c1-17-13-3-2-4-14-15(13)21-16(18-14)20-9-7-19(8-10-20)11-12-5-6-12/h12-13,17H,2-11H2,1H3. The Hall–Kier alpha value is -0.650. The molecule has 21 heavy (non-hydrogen) atoms. The van der Waals surface area contributed by atoms with E-state index in [1.165, 1.54) is 67.4 Å². The van der Waals surface area contributed by atoms with Crippen LogP contribution in [0.25, 0.3) is 0 Å². The molecule has 1 N–H and O–H groups in total. The fourth-order valence-corrected chi connectivity index (χ4v) is 4.91. The fourth-order valence-electron chi connectivity index (χ4n) is 3.60. The van der Waals surface area contributed by atoms with Crippen molar-refractivity contribution in [3.05, 3.63) is 10.6 Å². The van der Waals surface area contributed by atoms with Crippen LogP contribution in [0.4, 0.5) is 5.13 Å². The normalized spacial score (nSPS) is 26.9. The third-order valence-electron chi connectivity index (χ3n) is 5.14. The highest BCUT2D eigenvalue weighted by Gasteiger charge is 2.29. The van der Waals surface area contributed by atoms with Gasteiger partial charge >= 0.3 is 0 Å². The SMILES string of the molecule is CNC1CCCc2nc(N3CCN(CC4CC4)CC3)sc21. The summed E-state index contributed by atoms with van der Waals surface area (Å²) >= 11 is 1.94. The lowest BCUT2D eigenvalue weighted by Crippen LogP contribution is -2.47. The van der Waals surface area contributed by atoms with E-state index >= 15 is 0 Å². The largest absolute Gasteiger partial charge is 0.346 e. The summed E-state index contributed by atoms with van der Waals surface area (Å²) in [7, 11) is 2.08. The predicted octanol–water partition coefficient (Wildman–Crippen LogP) is 2.27. The molecule has 0 radical (unpaired) electrons. The maximum atomic E-state index is 4.96. The van der Waals surface area contributed by atoms with Gasteiger partial charge in [0.05, 0.1) is 5.69 Å². The van der Waals surface area contributed by atoms with Crippen LogP contribution in [-0.4, -0.2) is 49.7 Å². The highest BCUT2D eigenvalue weighted by Crippen LogP contribution is 2.37. The van der Waals surface area contributed by atoms with Gasteiger partial charge < -0.3 is 10.2 Å². The van der Waals surface area contributed by atoms with Crippen molar-refractivity contribution in [1.82, 2.24) is 15.2 Å². The fraction of sp³-hybridized carbons (Fsp3) is 0.812. The average Bonchev–Trinajstić information content (AvgIpc) is 3.22. The van der Waals surface area contributed by atoms with Crippen LogP contribution in [0.5, 0.6) is 0 Å². The van der Waals surface area contributed by atoms with Crippen LogP contribution in [0.2, 0.25) is 0 Å². The zero-order chi connectivity index (χ0) is 14.2. The zero-order valence-corrected chi connectivity index (χ0v) is 13.8. The molecular weight excluding hydrogens is 280 g/mol. The van der Waals surface area contributed by atoms with Crippen LogP contribution in [0.1, 0.15) is 42.3 Å². The number of rotatable bonds is 4. The first kappa shape index (κ1) is 14.0. The number of anilines is 1. The molecular formula is C16H26N4S. The van der Waals surface area contributed by atoms with E-state index in [9.17, 15) is 0 Å². The molecule has 1 saturated heterocycles. The van der Waals surface area contributed by atoms with Gasteiger partial charge in [-0.25, -0.2) is 4.98 Å². The first-order chi connectivity index (χ1) is 10.3. The highest BCUT2D eigenvalue weighted by molar-refractivity contribution is 7.15. The van der Waals surface area contributed by atoms with Crippen molar-refractivity contribution < 1.29 is 0 Å². The molecule has 1 aliphatic heterocycles. The molecule has 2 aliphatic carbocycles. The lowest BCUT2D eigenvalue weighted by Gasteiger charge is -2.34. The first-order valence-corrected chi connectivity index (χ1v) is 9.29. The summed E-state index contributed by atoms with van der Waals surface area (Å²) in [6.45, 7) is 6.09. The molecule has 4 nitrogen and oxygen atoms in total. The smallest absolute Gasteiger partial charge is 0.185 e. The molecule has 2 heterocycles. The summed E-state index contributed by atoms with van der Waals surface area (Å²) in [6, 6.07) is 0.538. The van der Waals surface area contributed by atoms with Crippen molar-refractivity contribution >= 4 is 16.5 Å². The van der Waals surface area contributed by atoms with E-state index in [-0.39, 0.29) is 0 Å². The van der Waals surface area contributed by atoms with E-state index in [1.807, 2.05) is 11.3 Å². The summed E-state index contributed by atoms with van der Waals surface area (Å²) in [6.07, 6.45) is 6.64. The van der Waals surface area contributed by atoms with E-state index in [4.69, 9.17) is 4.98 Å². The van der Waals surface area contributed by atoms with Crippen molar-refractivity contribution in [2.45, 2.75) is 38.1 Å². The lowest BCUT2D eigenvalue weighted by molar-refractivity contribution is 0.248. The molecule has 5 heteroatoms. The van der Waals surface area contributed by atoms with Crippen LogP contribution in [0.3, 0.4) is 0 Å². The summed E-state index contributed by atoms with van der Waals surface area (Å²) in [4.78, 5) is 11.6. The molecule has 1 unspecified atom stereocenters. The van der Waals surface area contributed by atoms with Crippen LogP contribution >= 0.6 is 11.3 Å². The second kappa shape index (κ2) is 5.86. The maximum absolute atomic E-state index is 4.96. The number of aromatic nitrogens is 1. The molecule has 0 bridgehead atoms. The number of nitrogens with zero attached hydrogens (tertiary/aromatic N) is 3. The lowest BCUT2D eigenvalue weighted by atomic mass is 9.98. The first-order valence-electron chi connectivity index (χ1n) is 8.47. The van der Waals surface area contributed by atoms with Gasteiger partial charge in [-0.15, -0.1) is 0 Å². The van der Waals surface area contributed by atoms with Crippen molar-refractivity contribution in [3.8, 4) is 0 Å². The number of fused-ring (bicyclic) bond motifs is 1. The molecule has 1 atom stereocenters. The molecule has 0 aromatic carbocycles. The molecule has 0 spiro atoms. The van der Waals surface area contributed by atoms with Crippen LogP contribution in [-0.2, 0) is 6.42 Å². The topological polar surface area (TPSA) is 31.4 Å². The number of aryl methyl sites for hydroxylation is 1. The average molecular weight is 306 g/mol. The van der Waals surface area contributed by atoms with Crippen LogP contribution in [0.15, 0.2) is 0 Å². The molecule has 1 saturated carbocycles. The number of piperazine rings is 1. The van der Waals surface area contributed by atoms with Gasteiger partial charge in [0.1, 0.15) is 0 Å². The number of thiazole rings is 1. The van der Waals surface area contributed by atoms with Gasteiger partial charge in [0.2, 0.25) is 0 Å². The molecule has 3 aliphatic rings. The Morgan fingerprint density at radius 2 is 2.00 bits per heavy atom. The monoisotopic (exact) mass is 306 g/mol. The summed E-state index contributed by atoms with van der Waals surface area (Å²) < 4.78 is 0. The van der Waals surface area contributed by atoms with E-state index < -0.39 is 0 Å².